The number of ether oxygens (including phenoxy) is 6. The minimum atomic E-state index is -0.598. The molecule has 4 atom stereocenters. The quantitative estimate of drug-likeness (QED) is 0.266. The standard InChI is InChI=1S/C28H25NO10/c1-34-22-7-15(8-23(35-2)26(22)30)24-17-9-20-21(39-13-38-20)10-18(17)27(19-12-37-28(31)25(19)24)36-11-14-3-5-16(6-4-14)29(32)33/h3-10,19,24-25,27,30H,11-13H2,1-2H3/t19-,24+,25-,27+/m0/s1. The molecule has 0 unspecified atom stereocenters. The van der Waals surface area contributed by atoms with Gasteiger partial charge in [0.15, 0.2) is 23.0 Å². The van der Waals surface area contributed by atoms with Crippen molar-refractivity contribution >= 4 is 11.7 Å². The molecule has 39 heavy (non-hydrogen) atoms. The number of nitro benzene ring substituents is 1. The Kier molecular flexibility index (Phi) is 6.15. The Labute approximate surface area is 222 Å². The molecule has 1 fully saturated rings. The number of nitrogens with zero attached hydrogens (tertiary/aromatic N) is 1. The Hall–Kier alpha value is -4.51. The lowest BCUT2D eigenvalue weighted by atomic mass is 9.66. The minimum Gasteiger partial charge on any atom is -0.502 e. The van der Waals surface area contributed by atoms with Crippen molar-refractivity contribution < 1.29 is 43.2 Å². The molecule has 3 aromatic rings. The van der Waals surface area contributed by atoms with Gasteiger partial charge in [0.2, 0.25) is 12.5 Å². The lowest BCUT2D eigenvalue weighted by Gasteiger charge is -2.39. The third kappa shape index (κ3) is 4.15. The van der Waals surface area contributed by atoms with Crippen molar-refractivity contribution in [1.82, 2.24) is 0 Å². The zero-order valence-corrected chi connectivity index (χ0v) is 21.1. The van der Waals surface area contributed by atoms with Gasteiger partial charge in [-0.1, -0.05) is 0 Å². The van der Waals surface area contributed by atoms with E-state index in [2.05, 4.69) is 0 Å². The molecule has 1 saturated heterocycles. The van der Waals surface area contributed by atoms with Gasteiger partial charge in [-0.3, -0.25) is 14.9 Å². The van der Waals surface area contributed by atoms with Crippen molar-refractivity contribution in [2.24, 2.45) is 11.8 Å². The fourth-order valence-corrected chi connectivity index (χ4v) is 5.72. The molecule has 0 aromatic heterocycles. The number of carbonyl (C=O) groups is 1. The summed E-state index contributed by atoms with van der Waals surface area (Å²) < 4.78 is 34.1. The molecule has 1 N–H and O–H groups in total. The van der Waals surface area contributed by atoms with E-state index in [0.717, 1.165) is 16.7 Å². The van der Waals surface area contributed by atoms with E-state index >= 15 is 0 Å². The van der Waals surface area contributed by atoms with Crippen molar-refractivity contribution in [3.63, 3.8) is 0 Å². The highest BCUT2D eigenvalue weighted by atomic mass is 16.7. The number of non-ortho nitro benzene ring substituents is 1. The van der Waals surface area contributed by atoms with Crippen LogP contribution in [0.25, 0.3) is 0 Å². The summed E-state index contributed by atoms with van der Waals surface area (Å²) in [4.78, 5) is 23.8. The van der Waals surface area contributed by atoms with Crippen molar-refractivity contribution in [3.05, 3.63) is 80.9 Å². The first-order valence-corrected chi connectivity index (χ1v) is 12.3. The van der Waals surface area contributed by atoms with Gasteiger partial charge in [-0.15, -0.1) is 0 Å². The predicted molar refractivity (Wildman–Crippen MR) is 134 cm³/mol. The highest BCUT2D eigenvalue weighted by Gasteiger charge is 2.53. The van der Waals surface area contributed by atoms with Gasteiger partial charge in [0, 0.05) is 24.0 Å². The zero-order valence-electron chi connectivity index (χ0n) is 21.1. The summed E-state index contributed by atoms with van der Waals surface area (Å²) in [6, 6.07) is 13.3. The van der Waals surface area contributed by atoms with Gasteiger partial charge < -0.3 is 33.5 Å². The van der Waals surface area contributed by atoms with Gasteiger partial charge in [0.25, 0.3) is 5.69 Å². The number of carbonyl (C=O) groups excluding carboxylic acids is 1. The average molecular weight is 536 g/mol. The first kappa shape index (κ1) is 24.8. The molecule has 1 aliphatic carbocycles. The highest BCUT2D eigenvalue weighted by Crippen LogP contribution is 2.56. The van der Waals surface area contributed by atoms with E-state index in [-0.39, 0.29) is 54.8 Å². The Balaban J connectivity index is 1.45. The number of esters is 1. The fourth-order valence-electron chi connectivity index (χ4n) is 5.72. The molecule has 202 valence electrons. The summed E-state index contributed by atoms with van der Waals surface area (Å²) in [6.07, 6.45) is -0.529. The number of phenolic OH excluding ortho intramolecular Hbond substituents is 1. The van der Waals surface area contributed by atoms with Crippen molar-refractivity contribution in [3.8, 4) is 28.7 Å². The highest BCUT2D eigenvalue weighted by molar-refractivity contribution is 5.79. The third-order valence-electron chi connectivity index (χ3n) is 7.56. The fraction of sp³-hybridized carbons (Fsp3) is 0.321. The molecular formula is C28H25NO10. The predicted octanol–water partition coefficient (Wildman–Crippen LogP) is 4.24. The second-order valence-electron chi connectivity index (χ2n) is 9.56. The van der Waals surface area contributed by atoms with Gasteiger partial charge >= 0.3 is 5.97 Å². The Morgan fingerprint density at radius 1 is 0.974 bits per heavy atom. The topological polar surface area (TPSA) is 136 Å². The first-order chi connectivity index (χ1) is 18.9. The lowest BCUT2D eigenvalue weighted by Crippen LogP contribution is -2.35. The number of hydrogen-bond acceptors (Lipinski definition) is 10. The monoisotopic (exact) mass is 535 g/mol. The number of aromatic hydroxyl groups is 1. The maximum Gasteiger partial charge on any atom is 0.310 e. The van der Waals surface area contributed by atoms with E-state index in [9.17, 15) is 20.0 Å². The summed E-state index contributed by atoms with van der Waals surface area (Å²) >= 11 is 0. The molecule has 0 amide bonds. The minimum absolute atomic E-state index is 0.00748. The number of methoxy groups -OCH3 is 2. The average Bonchev–Trinajstić information content (AvgIpc) is 3.56. The van der Waals surface area contributed by atoms with Crippen LogP contribution in [0.15, 0.2) is 48.5 Å². The molecule has 6 rings (SSSR count). The van der Waals surface area contributed by atoms with Gasteiger partial charge in [-0.05, 0) is 58.7 Å². The molecule has 11 nitrogen and oxygen atoms in total. The van der Waals surface area contributed by atoms with Crippen molar-refractivity contribution in [2.75, 3.05) is 27.6 Å². The van der Waals surface area contributed by atoms with Crippen LogP contribution < -0.4 is 18.9 Å². The maximum absolute atomic E-state index is 13.2. The molecule has 0 radical (unpaired) electrons. The molecule has 2 heterocycles. The van der Waals surface area contributed by atoms with Crippen LogP contribution in [0.3, 0.4) is 0 Å². The summed E-state index contributed by atoms with van der Waals surface area (Å²) in [5.41, 5.74) is 3.05. The second kappa shape index (κ2) is 9.66. The number of cyclic esters (lactones) is 1. The Morgan fingerprint density at radius 3 is 2.23 bits per heavy atom. The molecule has 11 heteroatoms. The van der Waals surface area contributed by atoms with Gasteiger partial charge in [0.1, 0.15) is 0 Å². The third-order valence-corrected chi connectivity index (χ3v) is 7.56. The number of hydrogen-bond donors (Lipinski definition) is 1. The normalized spacial score (nSPS) is 22.6. The van der Waals surface area contributed by atoms with Crippen LogP contribution in [0, 0.1) is 22.0 Å². The van der Waals surface area contributed by atoms with Crippen molar-refractivity contribution in [1.29, 1.82) is 0 Å². The first-order valence-electron chi connectivity index (χ1n) is 12.3. The second-order valence-corrected chi connectivity index (χ2v) is 9.56. The number of rotatable bonds is 7. The van der Waals surface area contributed by atoms with E-state index in [1.807, 2.05) is 12.1 Å². The Morgan fingerprint density at radius 2 is 1.62 bits per heavy atom. The molecule has 0 spiro atoms. The number of benzene rings is 3. The molecule has 0 saturated carbocycles. The SMILES string of the molecule is COc1cc([C@@H]2c3cc4c(cc3[C@@H](OCc3ccc([N+](=O)[O-])cc3)[C@H]3COC(=O)[C@H]23)OCO4)cc(OC)c1O. The summed E-state index contributed by atoms with van der Waals surface area (Å²) in [7, 11) is 2.89. The van der Waals surface area contributed by atoms with Crippen LogP contribution in [-0.4, -0.2) is 43.6 Å². The number of fused-ring (bicyclic) bond motifs is 3. The van der Waals surface area contributed by atoms with Gasteiger partial charge in [0.05, 0.1) is 44.4 Å². The van der Waals surface area contributed by atoms with Crippen LogP contribution in [0.1, 0.15) is 34.3 Å². The van der Waals surface area contributed by atoms with E-state index in [0.29, 0.717) is 17.1 Å². The van der Waals surface area contributed by atoms with E-state index in [1.165, 1.54) is 26.4 Å². The van der Waals surface area contributed by atoms with E-state index in [4.69, 9.17) is 28.4 Å². The largest absolute Gasteiger partial charge is 0.502 e. The smallest absolute Gasteiger partial charge is 0.310 e. The summed E-state index contributed by atoms with van der Waals surface area (Å²) in [5, 5.41) is 21.5. The van der Waals surface area contributed by atoms with Crippen molar-refractivity contribution in [2.45, 2.75) is 18.6 Å². The Bertz CT molecular complexity index is 1430. The van der Waals surface area contributed by atoms with Gasteiger partial charge in [-0.2, -0.15) is 0 Å². The molecule has 3 aliphatic rings. The summed E-state index contributed by atoms with van der Waals surface area (Å²) in [6.45, 7) is 0.400. The van der Waals surface area contributed by atoms with Crippen LogP contribution in [0.2, 0.25) is 0 Å². The molecule has 0 bridgehead atoms. The lowest BCUT2D eigenvalue weighted by molar-refractivity contribution is -0.384. The van der Waals surface area contributed by atoms with Gasteiger partial charge in [-0.25, -0.2) is 0 Å². The van der Waals surface area contributed by atoms with Crippen LogP contribution in [0.4, 0.5) is 5.69 Å². The zero-order chi connectivity index (χ0) is 27.3. The van der Waals surface area contributed by atoms with E-state index < -0.39 is 22.9 Å². The molecular weight excluding hydrogens is 510 g/mol. The maximum atomic E-state index is 13.2. The van der Waals surface area contributed by atoms with E-state index in [1.54, 1.807) is 24.3 Å². The number of nitro groups is 1. The van der Waals surface area contributed by atoms with Crippen LogP contribution in [-0.2, 0) is 20.9 Å². The molecule has 2 aliphatic heterocycles. The molecule has 3 aromatic carbocycles. The summed E-state index contributed by atoms with van der Waals surface area (Å²) in [5.74, 6) is -0.354. The number of phenols is 1. The van der Waals surface area contributed by atoms with Crippen LogP contribution >= 0.6 is 0 Å². The van der Waals surface area contributed by atoms with Crippen LogP contribution in [0.5, 0.6) is 28.7 Å².